The highest BCUT2D eigenvalue weighted by molar-refractivity contribution is 5.95. The van der Waals surface area contributed by atoms with Gasteiger partial charge in [0.2, 0.25) is 0 Å². The number of fused-ring (bicyclic) bond motifs is 5. The summed E-state index contributed by atoms with van der Waals surface area (Å²) in [7, 11) is 0. The molecule has 0 radical (unpaired) electrons. The van der Waals surface area contributed by atoms with E-state index in [2.05, 4.69) is 33.8 Å². The summed E-state index contributed by atoms with van der Waals surface area (Å²) in [5.41, 5.74) is -1.31. The zero-order chi connectivity index (χ0) is 31.2. The average Bonchev–Trinajstić information content (AvgIpc) is 3.44. The molecular formula is C37H58O6. The lowest BCUT2D eigenvalue weighted by atomic mass is 9.59. The third-order valence-electron chi connectivity index (χ3n) is 11.9. The molecule has 8 atom stereocenters. The molecule has 1 saturated heterocycles. The van der Waals surface area contributed by atoms with E-state index in [0.717, 1.165) is 36.8 Å². The maximum atomic E-state index is 14.8. The molecule has 4 aliphatic carbocycles. The second kappa shape index (κ2) is 12.4. The van der Waals surface area contributed by atoms with Crippen molar-refractivity contribution in [2.45, 2.75) is 156 Å². The summed E-state index contributed by atoms with van der Waals surface area (Å²) < 4.78 is 18.8. The lowest BCUT2D eigenvalue weighted by molar-refractivity contribution is -0.304. The Kier molecular flexibility index (Phi) is 9.45. The van der Waals surface area contributed by atoms with Crippen LogP contribution in [0.4, 0.5) is 0 Å². The molecule has 1 N–H and O–H groups in total. The van der Waals surface area contributed by atoms with E-state index in [-0.39, 0.29) is 41.5 Å². The second-order valence-corrected chi connectivity index (χ2v) is 15.6. The number of hydrogen-bond acceptors (Lipinski definition) is 6. The Morgan fingerprint density at radius 2 is 1.60 bits per heavy atom. The van der Waals surface area contributed by atoms with Crippen molar-refractivity contribution < 1.29 is 28.9 Å². The van der Waals surface area contributed by atoms with Crippen LogP contribution in [0.15, 0.2) is 23.3 Å². The summed E-state index contributed by atoms with van der Waals surface area (Å²) >= 11 is 0. The Bertz CT molecular complexity index is 1120. The van der Waals surface area contributed by atoms with E-state index in [9.17, 15) is 14.7 Å². The molecule has 0 aromatic carbocycles. The molecule has 1 spiro atoms. The van der Waals surface area contributed by atoms with E-state index in [1.165, 1.54) is 51.4 Å². The molecule has 43 heavy (non-hydrogen) atoms. The number of carbonyl (C=O) groups excluding carboxylic acids is 2. The fraction of sp³-hybridized carbons (Fsp3) is 0.838. The first-order chi connectivity index (χ1) is 20.3. The standard InChI is InChI=1S/C37H58O6/c1-8-9-10-11-12-13-14-15-16-17-18-19-29(38)42-32-24(2)22-36-25(3)20-28-30(34(28,4)5)27(31(36)39)21-26-23-41-35(6,7)43-33(26)37(32,36)40/h21-22,25,27-28,30,32-33,40H,8-20,23H2,1-7H3. The number of allylic oxidation sites excluding steroid dienone is 1. The first kappa shape index (κ1) is 32.9. The number of rotatable bonds is 13. The molecule has 8 unspecified atom stereocenters. The maximum absolute atomic E-state index is 14.8. The van der Waals surface area contributed by atoms with Crippen molar-refractivity contribution in [2.24, 2.45) is 34.5 Å². The molecule has 1 heterocycles. The lowest BCUT2D eigenvalue weighted by Crippen LogP contribution is -2.68. The lowest BCUT2D eigenvalue weighted by Gasteiger charge is -2.52. The highest BCUT2D eigenvalue weighted by Crippen LogP contribution is 2.72. The number of aliphatic hydroxyl groups is 1. The fourth-order valence-electron chi connectivity index (χ4n) is 9.42. The van der Waals surface area contributed by atoms with Crippen LogP contribution in [0.1, 0.15) is 132 Å². The zero-order valence-corrected chi connectivity index (χ0v) is 28.0. The smallest absolute Gasteiger partial charge is 0.306 e. The molecule has 0 aromatic heterocycles. The van der Waals surface area contributed by atoms with E-state index in [1.807, 2.05) is 26.8 Å². The van der Waals surface area contributed by atoms with E-state index < -0.39 is 29.0 Å². The van der Waals surface area contributed by atoms with Gasteiger partial charge in [-0.2, -0.15) is 0 Å². The van der Waals surface area contributed by atoms with Crippen LogP contribution in [0.2, 0.25) is 0 Å². The molecule has 6 heteroatoms. The molecule has 6 nitrogen and oxygen atoms in total. The van der Waals surface area contributed by atoms with Crippen LogP contribution in [-0.2, 0) is 23.8 Å². The van der Waals surface area contributed by atoms with Crippen LogP contribution in [0, 0.1) is 34.5 Å². The van der Waals surface area contributed by atoms with Gasteiger partial charge in [0.05, 0.1) is 12.0 Å². The highest BCUT2D eigenvalue weighted by Gasteiger charge is 2.77. The number of hydrogen-bond donors (Lipinski definition) is 1. The fourth-order valence-corrected chi connectivity index (χ4v) is 9.42. The monoisotopic (exact) mass is 598 g/mol. The van der Waals surface area contributed by atoms with E-state index in [4.69, 9.17) is 14.2 Å². The Labute approximate surface area is 260 Å². The molecule has 2 saturated carbocycles. The van der Waals surface area contributed by atoms with Gasteiger partial charge in [0.25, 0.3) is 0 Å². The van der Waals surface area contributed by atoms with Crippen LogP contribution in [-0.4, -0.2) is 47.1 Å². The van der Waals surface area contributed by atoms with Crippen molar-refractivity contribution in [1.82, 2.24) is 0 Å². The maximum Gasteiger partial charge on any atom is 0.306 e. The Morgan fingerprint density at radius 1 is 1.00 bits per heavy atom. The third-order valence-corrected chi connectivity index (χ3v) is 11.9. The third kappa shape index (κ3) is 5.71. The first-order valence-electron chi connectivity index (χ1n) is 17.5. The Balaban J connectivity index is 1.29. The predicted molar refractivity (Wildman–Crippen MR) is 168 cm³/mol. The summed E-state index contributed by atoms with van der Waals surface area (Å²) in [5.74, 6) is -1.02. The Morgan fingerprint density at radius 3 is 2.23 bits per heavy atom. The predicted octanol–water partition coefficient (Wildman–Crippen LogP) is 7.87. The van der Waals surface area contributed by atoms with Crippen LogP contribution >= 0.6 is 0 Å². The van der Waals surface area contributed by atoms with Gasteiger partial charge >= 0.3 is 5.97 Å². The van der Waals surface area contributed by atoms with Crippen LogP contribution < -0.4 is 0 Å². The van der Waals surface area contributed by atoms with E-state index in [1.54, 1.807) is 0 Å². The topological polar surface area (TPSA) is 82.1 Å². The van der Waals surface area contributed by atoms with Crippen LogP contribution in [0.3, 0.4) is 0 Å². The number of Topliss-reactive ketones (excluding diaryl/α,β-unsaturated/α-hetero) is 1. The minimum absolute atomic E-state index is 0.0483. The minimum atomic E-state index is -1.73. The molecule has 5 rings (SSSR count). The highest BCUT2D eigenvalue weighted by atomic mass is 16.7. The minimum Gasteiger partial charge on any atom is -0.455 e. The Hall–Kier alpha value is -1.50. The quantitative estimate of drug-likeness (QED) is 0.132. The van der Waals surface area contributed by atoms with Crippen molar-refractivity contribution >= 4 is 11.8 Å². The molecule has 242 valence electrons. The van der Waals surface area contributed by atoms with Crippen molar-refractivity contribution in [3.05, 3.63) is 23.3 Å². The van der Waals surface area contributed by atoms with Gasteiger partial charge in [0.1, 0.15) is 6.10 Å². The van der Waals surface area contributed by atoms with Crippen molar-refractivity contribution in [3.63, 3.8) is 0 Å². The van der Waals surface area contributed by atoms with Crippen LogP contribution in [0.25, 0.3) is 0 Å². The SMILES string of the molecule is CCCCCCCCCCCCCC(=O)OC1C(C)=CC23C(=O)C(C=C4COC(C)(C)OC4C12O)C1C(CC3C)C1(C)C. The van der Waals surface area contributed by atoms with Gasteiger partial charge in [-0.3, -0.25) is 9.59 Å². The number of ketones is 1. The van der Waals surface area contributed by atoms with Gasteiger partial charge in [0.15, 0.2) is 23.3 Å². The van der Waals surface area contributed by atoms with Crippen molar-refractivity contribution in [3.8, 4) is 0 Å². The summed E-state index contributed by atoms with van der Waals surface area (Å²) in [4.78, 5) is 28.1. The average molecular weight is 599 g/mol. The van der Waals surface area contributed by atoms with Crippen LogP contribution in [0.5, 0.6) is 0 Å². The summed E-state index contributed by atoms with van der Waals surface area (Å²) in [6.45, 7) is 14.8. The first-order valence-corrected chi connectivity index (χ1v) is 17.5. The van der Waals surface area contributed by atoms with Gasteiger partial charge < -0.3 is 19.3 Å². The number of carbonyl (C=O) groups is 2. The van der Waals surface area contributed by atoms with Gasteiger partial charge in [-0.25, -0.2) is 0 Å². The van der Waals surface area contributed by atoms with Gasteiger partial charge in [0, 0.05) is 12.3 Å². The molecule has 1 aliphatic heterocycles. The van der Waals surface area contributed by atoms with Gasteiger partial charge in [-0.05, 0) is 67.9 Å². The molecule has 2 bridgehead atoms. The largest absolute Gasteiger partial charge is 0.455 e. The van der Waals surface area contributed by atoms with Crippen molar-refractivity contribution in [1.29, 1.82) is 0 Å². The number of ether oxygens (including phenoxy) is 3. The number of esters is 1. The number of unbranched alkanes of at least 4 members (excludes halogenated alkanes) is 10. The normalized spacial score (nSPS) is 38.6. The van der Waals surface area contributed by atoms with Gasteiger partial charge in [-0.15, -0.1) is 0 Å². The summed E-state index contributed by atoms with van der Waals surface area (Å²) in [6.07, 6.45) is 16.8. The molecule has 3 fully saturated rings. The van der Waals surface area contributed by atoms with Crippen molar-refractivity contribution in [2.75, 3.05) is 6.61 Å². The molecule has 0 aromatic rings. The summed E-state index contributed by atoms with van der Waals surface area (Å²) in [5, 5.41) is 13.1. The van der Waals surface area contributed by atoms with E-state index in [0.29, 0.717) is 12.3 Å². The molecule has 5 aliphatic rings. The second-order valence-electron chi connectivity index (χ2n) is 15.6. The molecule has 0 amide bonds. The van der Waals surface area contributed by atoms with E-state index >= 15 is 0 Å². The molecular weight excluding hydrogens is 540 g/mol. The summed E-state index contributed by atoms with van der Waals surface area (Å²) in [6, 6.07) is 0. The van der Waals surface area contributed by atoms with Gasteiger partial charge in [-0.1, -0.05) is 104 Å². The zero-order valence-electron chi connectivity index (χ0n) is 28.0.